The summed E-state index contributed by atoms with van der Waals surface area (Å²) in [5.74, 6) is -0.783. The van der Waals surface area contributed by atoms with E-state index in [1.54, 1.807) is 0 Å². The molecule has 0 heterocycles. The van der Waals surface area contributed by atoms with E-state index in [9.17, 15) is 4.39 Å². The third kappa shape index (κ3) is 3.33. The van der Waals surface area contributed by atoms with Crippen LogP contribution in [0.2, 0.25) is 0 Å². The summed E-state index contributed by atoms with van der Waals surface area (Å²) in [7, 11) is -1.72. The van der Waals surface area contributed by atoms with Gasteiger partial charge in [0.25, 0.3) is 0 Å². The number of hydrogen-bond acceptors (Lipinski definition) is 4. The molecule has 84 valence electrons. The number of guanidine groups is 1. The van der Waals surface area contributed by atoms with Crippen molar-refractivity contribution in [3.05, 3.63) is 29.6 Å². The van der Waals surface area contributed by atoms with E-state index in [4.69, 9.17) is 21.5 Å². The fraction of sp³-hybridized carbons (Fsp3) is 0. The van der Waals surface area contributed by atoms with E-state index in [1.165, 1.54) is 6.07 Å². The zero-order valence-electron chi connectivity index (χ0n) is 8.21. The van der Waals surface area contributed by atoms with Crippen molar-refractivity contribution in [1.82, 2.24) is 0 Å². The van der Waals surface area contributed by atoms with Crippen LogP contribution in [0.15, 0.2) is 28.4 Å². The number of rotatable bonds is 3. The van der Waals surface area contributed by atoms with Gasteiger partial charge in [-0.05, 0) is 23.2 Å². The summed E-state index contributed by atoms with van der Waals surface area (Å²) in [5, 5.41) is 24.7. The number of hydrogen-bond donors (Lipinski definition) is 4. The Morgan fingerprint density at radius 3 is 2.62 bits per heavy atom. The second-order valence-corrected chi connectivity index (χ2v) is 2.92. The molecule has 0 unspecified atom stereocenters. The van der Waals surface area contributed by atoms with Crippen LogP contribution in [0.1, 0.15) is 5.56 Å². The first-order valence-corrected chi connectivity index (χ1v) is 4.28. The lowest BCUT2D eigenvalue weighted by Crippen LogP contribution is -2.33. The molecule has 0 saturated carbocycles. The molecule has 1 aromatic carbocycles. The average molecular weight is 224 g/mol. The summed E-state index contributed by atoms with van der Waals surface area (Å²) < 4.78 is 12.9. The molecule has 0 spiro atoms. The van der Waals surface area contributed by atoms with Gasteiger partial charge in [-0.25, -0.2) is 4.39 Å². The summed E-state index contributed by atoms with van der Waals surface area (Å²) in [6.45, 7) is 0. The van der Waals surface area contributed by atoms with Gasteiger partial charge in [-0.3, -0.25) is 0 Å². The van der Waals surface area contributed by atoms with Gasteiger partial charge in [-0.2, -0.15) is 5.10 Å². The molecule has 1 rings (SSSR count). The van der Waals surface area contributed by atoms with Gasteiger partial charge in [0.1, 0.15) is 5.82 Å². The molecular weight excluding hydrogens is 214 g/mol. The maximum absolute atomic E-state index is 12.9. The summed E-state index contributed by atoms with van der Waals surface area (Å²) in [5.41, 5.74) is 10.3. The number of halogens is 1. The predicted octanol–water partition coefficient (Wildman–Crippen LogP) is -1.89. The van der Waals surface area contributed by atoms with Crippen LogP contribution in [0.25, 0.3) is 0 Å². The molecule has 0 saturated heterocycles. The van der Waals surface area contributed by atoms with Crippen LogP contribution in [0.3, 0.4) is 0 Å². The Morgan fingerprint density at radius 1 is 1.38 bits per heavy atom. The van der Waals surface area contributed by atoms with E-state index in [-0.39, 0.29) is 17.0 Å². The lowest BCUT2D eigenvalue weighted by Gasteiger charge is -2.03. The highest BCUT2D eigenvalue weighted by Gasteiger charge is 2.15. The van der Waals surface area contributed by atoms with Crippen LogP contribution in [-0.4, -0.2) is 29.3 Å². The highest BCUT2D eigenvalue weighted by Crippen LogP contribution is 2.00. The molecule has 0 radical (unpaired) electrons. The highest BCUT2D eigenvalue weighted by molar-refractivity contribution is 6.60. The van der Waals surface area contributed by atoms with Gasteiger partial charge in [-0.1, -0.05) is 6.07 Å². The molecule has 6 N–H and O–H groups in total. The maximum atomic E-state index is 12.9. The molecule has 8 heteroatoms. The molecule has 1 aromatic rings. The van der Waals surface area contributed by atoms with Crippen molar-refractivity contribution in [3.63, 3.8) is 0 Å². The Bertz CT molecular complexity index is 432. The van der Waals surface area contributed by atoms with Crippen molar-refractivity contribution >= 4 is 24.8 Å². The van der Waals surface area contributed by atoms with Crippen molar-refractivity contribution in [1.29, 1.82) is 0 Å². The fourth-order valence-corrected chi connectivity index (χ4v) is 1.05. The topological polar surface area (TPSA) is 117 Å². The summed E-state index contributed by atoms with van der Waals surface area (Å²) in [6, 6.07) is 3.42. The Labute approximate surface area is 91.2 Å². The Morgan fingerprint density at radius 2 is 2.06 bits per heavy atom. The third-order valence-electron chi connectivity index (χ3n) is 1.70. The second-order valence-electron chi connectivity index (χ2n) is 2.92. The van der Waals surface area contributed by atoms with Crippen LogP contribution in [0.5, 0.6) is 0 Å². The number of benzene rings is 1. The Balaban J connectivity index is 3.06. The Hall–Kier alpha value is -1.93. The monoisotopic (exact) mass is 224 g/mol. The quantitative estimate of drug-likeness (QED) is 0.208. The SMILES string of the molecule is NC(N)=NN=Cc1cc(F)ccc1B(O)O. The fourth-order valence-electron chi connectivity index (χ4n) is 1.05. The van der Waals surface area contributed by atoms with Crippen molar-refractivity contribution in [3.8, 4) is 0 Å². The minimum Gasteiger partial charge on any atom is -0.423 e. The van der Waals surface area contributed by atoms with Gasteiger partial charge in [0.15, 0.2) is 0 Å². The minimum absolute atomic E-state index is 0.107. The van der Waals surface area contributed by atoms with E-state index < -0.39 is 12.9 Å². The highest BCUT2D eigenvalue weighted by atomic mass is 19.1. The van der Waals surface area contributed by atoms with E-state index in [0.717, 1.165) is 18.3 Å². The zero-order valence-corrected chi connectivity index (χ0v) is 8.21. The van der Waals surface area contributed by atoms with E-state index in [2.05, 4.69) is 10.2 Å². The summed E-state index contributed by atoms with van der Waals surface area (Å²) in [6.07, 6.45) is 1.12. The van der Waals surface area contributed by atoms with Gasteiger partial charge >= 0.3 is 7.12 Å². The summed E-state index contributed by atoms with van der Waals surface area (Å²) in [4.78, 5) is 0. The molecule has 0 aromatic heterocycles. The molecule has 16 heavy (non-hydrogen) atoms. The second kappa shape index (κ2) is 5.24. The summed E-state index contributed by atoms with van der Waals surface area (Å²) >= 11 is 0. The lowest BCUT2D eigenvalue weighted by molar-refractivity contribution is 0.425. The first-order valence-electron chi connectivity index (χ1n) is 4.28. The molecule has 0 atom stereocenters. The van der Waals surface area contributed by atoms with Gasteiger partial charge in [0.05, 0.1) is 6.21 Å². The number of nitrogens with two attached hydrogens (primary N) is 2. The van der Waals surface area contributed by atoms with E-state index in [0.29, 0.717) is 0 Å². The van der Waals surface area contributed by atoms with Crippen LogP contribution in [-0.2, 0) is 0 Å². The van der Waals surface area contributed by atoms with Crippen molar-refractivity contribution < 1.29 is 14.4 Å². The van der Waals surface area contributed by atoms with Crippen LogP contribution in [0.4, 0.5) is 4.39 Å². The van der Waals surface area contributed by atoms with Crippen molar-refractivity contribution in [2.45, 2.75) is 0 Å². The molecule has 0 amide bonds. The van der Waals surface area contributed by atoms with Crippen LogP contribution < -0.4 is 16.9 Å². The maximum Gasteiger partial charge on any atom is 0.489 e. The van der Waals surface area contributed by atoms with Crippen LogP contribution in [0, 0.1) is 5.82 Å². The van der Waals surface area contributed by atoms with E-state index >= 15 is 0 Å². The predicted molar refractivity (Wildman–Crippen MR) is 59.6 cm³/mol. The van der Waals surface area contributed by atoms with Crippen molar-refractivity contribution in [2.24, 2.45) is 21.7 Å². The average Bonchev–Trinajstić information content (AvgIpc) is 2.16. The number of nitrogens with zero attached hydrogens (tertiary/aromatic N) is 2. The molecule has 0 bridgehead atoms. The zero-order chi connectivity index (χ0) is 12.1. The standard InChI is InChI=1S/C8H10BFN4O2/c10-6-1-2-7(9(15)16)5(3-6)4-13-14-8(11)12/h1-4,15-16H,(H4,11,12,14). The molecular formula is C8H10BFN4O2. The third-order valence-corrected chi connectivity index (χ3v) is 1.70. The van der Waals surface area contributed by atoms with Gasteiger partial charge < -0.3 is 21.5 Å². The van der Waals surface area contributed by atoms with Crippen LogP contribution >= 0.6 is 0 Å². The largest absolute Gasteiger partial charge is 0.489 e. The minimum atomic E-state index is -1.72. The first-order chi connectivity index (χ1) is 7.50. The first kappa shape index (κ1) is 12.1. The van der Waals surface area contributed by atoms with Gasteiger partial charge in [0, 0.05) is 0 Å². The van der Waals surface area contributed by atoms with Gasteiger partial charge in [0.2, 0.25) is 5.96 Å². The van der Waals surface area contributed by atoms with E-state index in [1.807, 2.05) is 0 Å². The smallest absolute Gasteiger partial charge is 0.423 e. The molecule has 6 nitrogen and oxygen atoms in total. The molecule has 0 fully saturated rings. The Kier molecular flexibility index (Phi) is 3.98. The molecule has 0 aliphatic rings. The van der Waals surface area contributed by atoms with Crippen molar-refractivity contribution in [2.75, 3.05) is 0 Å². The lowest BCUT2D eigenvalue weighted by atomic mass is 9.77. The van der Waals surface area contributed by atoms with Gasteiger partial charge in [-0.15, -0.1) is 5.10 Å². The molecule has 0 aliphatic carbocycles. The normalized spacial score (nSPS) is 10.4. The molecule has 0 aliphatic heterocycles.